The van der Waals surface area contributed by atoms with Crippen molar-refractivity contribution in [2.45, 2.75) is 18.2 Å². The molecule has 0 bridgehead atoms. The van der Waals surface area contributed by atoms with Crippen LogP contribution in [0.15, 0.2) is 35.6 Å². The Bertz CT molecular complexity index is 1110. The number of pyridine rings is 1. The molecular weight excluding hydrogens is 449 g/mol. The van der Waals surface area contributed by atoms with Gasteiger partial charge in [0.2, 0.25) is 5.91 Å². The van der Waals surface area contributed by atoms with Gasteiger partial charge in [-0.25, -0.2) is 4.98 Å². The third kappa shape index (κ3) is 4.19. The zero-order valence-corrected chi connectivity index (χ0v) is 18.4. The van der Waals surface area contributed by atoms with Gasteiger partial charge < -0.3 is 19.4 Å². The van der Waals surface area contributed by atoms with Crippen LogP contribution in [0.25, 0.3) is 0 Å². The van der Waals surface area contributed by atoms with Crippen molar-refractivity contribution in [3.05, 3.63) is 51.9 Å². The molecule has 3 aromatic rings. The Morgan fingerprint density at radius 2 is 2.07 bits per heavy atom. The van der Waals surface area contributed by atoms with Crippen LogP contribution in [0.2, 0.25) is 10.0 Å². The number of carbonyl (C=O) groups excluding carboxylic acids is 1. The number of hydrogen-bond acceptors (Lipinski definition) is 7. The number of fused-ring (bicyclic) bond motifs is 1. The van der Waals surface area contributed by atoms with E-state index in [4.69, 9.17) is 32.7 Å². The molecule has 0 unspecified atom stereocenters. The molecule has 0 saturated carbocycles. The first kappa shape index (κ1) is 20.8. The van der Waals surface area contributed by atoms with Gasteiger partial charge in [0.15, 0.2) is 34.4 Å². The summed E-state index contributed by atoms with van der Waals surface area (Å²) in [6.07, 6.45) is 1.06. The van der Waals surface area contributed by atoms with E-state index in [1.54, 1.807) is 11.5 Å². The first-order valence-corrected chi connectivity index (χ1v) is 10.7. The summed E-state index contributed by atoms with van der Waals surface area (Å²) in [5.74, 6) is 2.09. The van der Waals surface area contributed by atoms with Crippen LogP contribution in [0.3, 0.4) is 0 Å². The van der Waals surface area contributed by atoms with Crippen LogP contribution in [-0.4, -0.2) is 38.0 Å². The quantitative estimate of drug-likeness (QED) is 0.567. The molecule has 0 radical (unpaired) electrons. The van der Waals surface area contributed by atoms with Crippen LogP contribution < -0.4 is 14.8 Å². The van der Waals surface area contributed by atoms with E-state index < -0.39 is 0 Å². The lowest BCUT2D eigenvalue weighted by molar-refractivity contribution is -0.113. The molecule has 1 aliphatic rings. The topological polar surface area (TPSA) is 91.2 Å². The molecule has 8 nitrogen and oxygen atoms in total. The number of para-hydroxylation sites is 2. The average molecular weight is 466 g/mol. The lowest BCUT2D eigenvalue weighted by atomic mass is 10.2. The molecule has 0 spiro atoms. The van der Waals surface area contributed by atoms with Crippen molar-refractivity contribution < 1.29 is 14.3 Å². The van der Waals surface area contributed by atoms with Gasteiger partial charge in [-0.2, -0.15) is 0 Å². The van der Waals surface area contributed by atoms with Crippen molar-refractivity contribution in [2.75, 3.05) is 17.7 Å². The number of rotatable bonds is 5. The van der Waals surface area contributed by atoms with Crippen LogP contribution in [0.4, 0.5) is 5.82 Å². The molecule has 1 aromatic carbocycles. The molecule has 4 rings (SSSR count). The van der Waals surface area contributed by atoms with Crippen LogP contribution in [0.5, 0.6) is 11.5 Å². The minimum Gasteiger partial charge on any atom is -0.485 e. The monoisotopic (exact) mass is 465 g/mol. The summed E-state index contributed by atoms with van der Waals surface area (Å²) in [5.41, 5.74) is 0.658. The van der Waals surface area contributed by atoms with Crippen LogP contribution >= 0.6 is 35.0 Å². The molecule has 1 amide bonds. The molecule has 1 aliphatic heterocycles. The van der Waals surface area contributed by atoms with E-state index in [2.05, 4.69) is 20.5 Å². The standard InChI is InChI=1S/C19H17Cl2N5O3S/c1-10-11(20)7-22-17(16(10)21)23-15(27)9-30-19-25-24-18(26(19)2)14-8-28-12-5-3-4-6-13(12)29-14/h3-7,14H,8-9H2,1-2H3,(H,22,23,27)/t14-/m1/s1. The number of halogens is 2. The number of anilines is 1. The van der Waals surface area contributed by atoms with Crippen molar-refractivity contribution in [1.82, 2.24) is 19.7 Å². The van der Waals surface area contributed by atoms with Crippen molar-refractivity contribution in [3.63, 3.8) is 0 Å². The zero-order chi connectivity index (χ0) is 21.3. The van der Waals surface area contributed by atoms with Gasteiger partial charge >= 0.3 is 0 Å². The Balaban J connectivity index is 1.39. The fourth-order valence-corrected chi connectivity index (χ4v) is 3.93. The van der Waals surface area contributed by atoms with Crippen molar-refractivity contribution >= 4 is 46.7 Å². The van der Waals surface area contributed by atoms with E-state index in [1.807, 2.05) is 31.3 Å². The number of hydrogen-bond donors (Lipinski definition) is 1. The number of carbonyl (C=O) groups is 1. The summed E-state index contributed by atoms with van der Waals surface area (Å²) < 4.78 is 13.5. The Labute approximate surface area is 186 Å². The van der Waals surface area contributed by atoms with Gasteiger partial charge in [-0.3, -0.25) is 4.79 Å². The third-order valence-corrected chi connectivity index (χ3v) is 6.32. The first-order chi connectivity index (χ1) is 14.4. The van der Waals surface area contributed by atoms with E-state index in [9.17, 15) is 4.79 Å². The van der Waals surface area contributed by atoms with Gasteiger partial charge in [0.1, 0.15) is 6.61 Å². The number of aromatic nitrogens is 4. The van der Waals surface area contributed by atoms with E-state index in [0.29, 0.717) is 44.7 Å². The summed E-state index contributed by atoms with van der Waals surface area (Å²) >= 11 is 13.4. The second-order valence-corrected chi connectivity index (χ2v) is 8.22. The minimum absolute atomic E-state index is 0.108. The largest absolute Gasteiger partial charge is 0.485 e. The van der Waals surface area contributed by atoms with Crippen LogP contribution in [-0.2, 0) is 11.8 Å². The fraction of sp³-hybridized carbons (Fsp3) is 0.263. The van der Waals surface area contributed by atoms with Gasteiger partial charge in [-0.1, -0.05) is 47.1 Å². The minimum atomic E-state index is -0.388. The molecule has 1 N–H and O–H groups in total. The Hall–Kier alpha value is -2.49. The number of thioether (sulfide) groups is 1. The maximum absolute atomic E-state index is 12.3. The number of ether oxygens (including phenoxy) is 2. The Kier molecular flexibility index (Phi) is 6.03. The SMILES string of the molecule is Cc1c(Cl)cnc(NC(=O)CSc2nnc([C@H]3COc4ccccc4O3)n2C)c1Cl. The van der Waals surface area contributed by atoms with Gasteiger partial charge in [0.25, 0.3) is 0 Å². The fourth-order valence-electron chi connectivity index (χ4n) is 2.82. The molecule has 0 saturated heterocycles. The van der Waals surface area contributed by atoms with Crippen molar-refractivity contribution in [2.24, 2.45) is 7.05 Å². The normalized spacial score (nSPS) is 15.1. The Morgan fingerprint density at radius 3 is 2.87 bits per heavy atom. The molecule has 156 valence electrons. The molecule has 0 aliphatic carbocycles. The van der Waals surface area contributed by atoms with Gasteiger partial charge in [-0.15, -0.1) is 10.2 Å². The maximum Gasteiger partial charge on any atom is 0.236 e. The highest BCUT2D eigenvalue weighted by atomic mass is 35.5. The molecule has 11 heteroatoms. The lowest BCUT2D eigenvalue weighted by Crippen LogP contribution is -2.24. The zero-order valence-electron chi connectivity index (χ0n) is 16.1. The second-order valence-electron chi connectivity index (χ2n) is 6.49. The van der Waals surface area contributed by atoms with E-state index in [1.165, 1.54) is 18.0 Å². The highest BCUT2D eigenvalue weighted by Gasteiger charge is 2.27. The van der Waals surface area contributed by atoms with Gasteiger partial charge in [0, 0.05) is 13.2 Å². The second kappa shape index (κ2) is 8.71. The highest BCUT2D eigenvalue weighted by molar-refractivity contribution is 7.99. The first-order valence-electron chi connectivity index (χ1n) is 8.95. The summed E-state index contributed by atoms with van der Waals surface area (Å²) in [4.78, 5) is 16.4. The predicted octanol–water partition coefficient (Wildman–Crippen LogP) is 4.07. The van der Waals surface area contributed by atoms with E-state index in [-0.39, 0.29) is 23.6 Å². The summed E-state index contributed by atoms with van der Waals surface area (Å²) in [7, 11) is 1.82. The summed E-state index contributed by atoms with van der Waals surface area (Å²) in [5, 5.41) is 12.4. The molecule has 1 atom stereocenters. The van der Waals surface area contributed by atoms with E-state index in [0.717, 1.165) is 0 Å². The summed E-state index contributed by atoms with van der Waals surface area (Å²) in [6.45, 7) is 2.08. The van der Waals surface area contributed by atoms with Crippen LogP contribution in [0.1, 0.15) is 17.5 Å². The predicted molar refractivity (Wildman–Crippen MR) is 115 cm³/mol. The number of nitrogens with one attached hydrogen (secondary N) is 1. The van der Waals surface area contributed by atoms with Crippen molar-refractivity contribution in [1.29, 1.82) is 0 Å². The number of benzene rings is 1. The molecule has 2 aromatic heterocycles. The lowest BCUT2D eigenvalue weighted by Gasteiger charge is -2.25. The molecular formula is C19H17Cl2N5O3S. The van der Waals surface area contributed by atoms with Crippen molar-refractivity contribution in [3.8, 4) is 11.5 Å². The number of amides is 1. The van der Waals surface area contributed by atoms with Gasteiger partial charge in [0.05, 0.1) is 15.8 Å². The maximum atomic E-state index is 12.3. The highest BCUT2D eigenvalue weighted by Crippen LogP contribution is 2.36. The molecule has 3 heterocycles. The Morgan fingerprint density at radius 1 is 1.30 bits per heavy atom. The van der Waals surface area contributed by atoms with Gasteiger partial charge in [-0.05, 0) is 24.6 Å². The molecule has 30 heavy (non-hydrogen) atoms. The number of nitrogens with zero attached hydrogens (tertiary/aromatic N) is 4. The summed E-state index contributed by atoms with van der Waals surface area (Å²) in [6, 6.07) is 7.46. The third-order valence-electron chi connectivity index (χ3n) is 4.46. The average Bonchev–Trinajstić information content (AvgIpc) is 3.12. The van der Waals surface area contributed by atoms with Crippen LogP contribution in [0, 0.1) is 6.92 Å². The molecule has 0 fully saturated rings. The smallest absolute Gasteiger partial charge is 0.236 e. The van der Waals surface area contributed by atoms with E-state index >= 15 is 0 Å².